The van der Waals surface area contributed by atoms with Gasteiger partial charge in [0.15, 0.2) is 8.68 Å². The van der Waals surface area contributed by atoms with Crippen molar-refractivity contribution in [2.45, 2.75) is 23.7 Å². The van der Waals surface area contributed by atoms with Gasteiger partial charge >= 0.3 is 0 Å². The van der Waals surface area contributed by atoms with Crippen LogP contribution in [-0.2, 0) is 10.0 Å². The Kier molecular flexibility index (Phi) is 4.73. The summed E-state index contributed by atoms with van der Waals surface area (Å²) >= 11 is 6.66. The van der Waals surface area contributed by atoms with E-state index in [0.29, 0.717) is 32.7 Å². The molecule has 0 aromatic carbocycles. The standard InChI is InChI=1S/C11H18ClN3O3S2/c1-11(2,16)8-14-3-5-15(6-4-14)20(17,18)9-7-13-10(12)19-9/h7,16H,3-6,8H2,1-2H3. The highest BCUT2D eigenvalue weighted by atomic mass is 35.5. The molecule has 1 fully saturated rings. The lowest BCUT2D eigenvalue weighted by Gasteiger charge is -2.36. The van der Waals surface area contributed by atoms with Gasteiger partial charge in [0.25, 0.3) is 10.0 Å². The molecule has 0 atom stereocenters. The van der Waals surface area contributed by atoms with E-state index in [2.05, 4.69) is 9.88 Å². The van der Waals surface area contributed by atoms with Crippen LogP contribution in [0.1, 0.15) is 13.8 Å². The van der Waals surface area contributed by atoms with Crippen LogP contribution in [0.3, 0.4) is 0 Å². The minimum absolute atomic E-state index is 0.179. The molecule has 6 nitrogen and oxygen atoms in total. The van der Waals surface area contributed by atoms with Gasteiger partial charge in [-0.25, -0.2) is 13.4 Å². The molecular weight excluding hydrogens is 322 g/mol. The van der Waals surface area contributed by atoms with Gasteiger partial charge in [0.2, 0.25) is 0 Å². The highest BCUT2D eigenvalue weighted by molar-refractivity contribution is 7.91. The van der Waals surface area contributed by atoms with Gasteiger partial charge in [-0.1, -0.05) is 22.9 Å². The van der Waals surface area contributed by atoms with E-state index in [1.165, 1.54) is 10.5 Å². The molecule has 1 N–H and O–H groups in total. The van der Waals surface area contributed by atoms with Crippen molar-refractivity contribution in [1.29, 1.82) is 0 Å². The van der Waals surface area contributed by atoms with Crippen LogP contribution in [0, 0.1) is 0 Å². The molecule has 0 saturated carbocycles. The predicted octanol–water partition coefficient (Wildman–Crippen LogP) is 0.874. The molecule has 20 heavy (non-hydrogen) atoms. The van der Waals surface area contributed by atoms with Gasteiger partial charge in [0.05, 0.1) is 11.8 Å². The van der Waals surface area contributed by atoms with Gasteiger partial charge in [0.1, 0.15) is 0 Å². The Hall–Kier alpha value is -0.250. The molecule has 1 aliphatic rings. The van der Waals surface area contributed by atoms with E-state index in [1.807, 2.05) is 0 Å². The molecule has 0 spiro atoms. The number of thiazole rings is 1. The van der Waals surface area contributed by atoms with Gasteiger partial charge < -0.3 is 5.11 Å². The zero-order valence-electron chi connectivity index (χ0n) is 11.4. The smallest absolute Gasteiger partial charge is 0.254 e. The topological polar surface area (TPSA) is 73.7 Å². The summed E-state index contributed by atoms with van der Waals surface area (Å²) < 4.78 is 26.6. The summed E-state index contributed by atoms with van der Waals surface area (Å²) in [4.78, 5) is 5.84. The number of hydrogen-bond donors (Lipinski definition) is 1. The highest BCUT2D eigenvalue weighted by Gasteiger charge is 2.31. The predicted molar refractivity (Wildman–Crippen MR) is 78.6 cm³/mol. The van der Waals surface area contributed by atoms with Crippen molar-refractivity contribution in [3.05, 3.63) is 10.7 Å². The zero-order chi connectivity index (χ0) is 15.0. The van der Waals surface area contributed by atoms with Crippen molar-refractivity contribution in [3.63, 3.8) is 0 Å². The fourth-order valence-corrected chi connectivity index (χ4v) is 5.03. The van der Waals surface area contributed by atoms with Crippen LogP contribution in [-0.4, -0.2) is 66.0 Å². The SMILES string of the molecule is CC(C)(O)CN1CCN(S(=O)(=O)c2cnc(Cl)s2)CC1. The van der Waals surface area contributed by atoms with Gasteiger partial charge in [-0.2, -0.15) is 4.31 Å². The molecule has 0 bridgehead atoms. The average molecular weight is 340 g/mol. The summed E-state index contributed by atoms with van der Waals surface area (Å²) in [6.07, 6.45) is 1.30. The molecule has 1 aromatic heterocycles. The summed E-state index contributed by atoms with van der Waals surface area (Å²) in [6.45, 7) is 6.06. The van der Waals surface area contributed by atoms with Crippen LogP contribution >= 0.6 is 22.9 Å². The normalized spacial score (nSPS) is 19.4. The van der Waals surface area contributed by atoms with Crippen molar-refractivity contribution >= 4 is 33.0 Å². The second kappa shape index (κ2) is 5.86. The number of aliphatic hydroxyl groups is 1. The van der Waals surface area contributed by atoms with Gasteiger partial charge in [0, 0.05) is 32.7 Å². The van der Waals surface area contributed by atoms with Crippen LogP contribution in [0.15, 0.2) is 10.4 Å². The van der Waals surface area contributed by atoms with Crippen molar-refractivity contribution in [3.8, 4) is 0 Å². The number of β-amino-alcohol motifs (C(OH)–C–C–N with tert-alkyl or cyclic N) is 1. The minimum Gasteiger partial charge on any atom is -0.389 e. The fourth-order valence-electron chi connectivity index (χ4n) is 2.16. The Labute approximate surface area is 128 Å². The van der Waals surface area contributed by atoms with E-state index in [9.17, 15) is 13.5 Å². The first-order valence-corrected chi connectivity index (χ1v) is 8.88. The lowest BCUT2D eigenvalue weighted by Crippen LogP contribution is -2.51. The Bertz CT molecular complexity index is 560. The number of piperazine rings is 1. The Morgan fingerprint density at radius 2 is 2.00 bits per heavy atom. The minimum atomic E-state index is -3.49. The van der Waals surface area contributed by atoms with E-state index in [4.69, 9.17) is 11.6 Å². The average Bonchev–Trinajstić information content (AvgIpc) is 2.75. The molecule has 0 amide bonds. The molecule has 2 rings (SSSR count). The maximum atomic E-state index is 12.4. The monoisotopic (exact) mass is 339 g/mol. The van der Waals surface area contributed by atoms with E-state index in [0.717, 1.165) is 11.3 Å². The molecule has 0 aliphatic carbocycles. The zero-order valence-corrected chi connectivity index (χ0v) is 13.8. The second-order valence-corrected chi connectivity index (χ2v) is 9.20. The van der Waals surface area contributed by atoms with Crippen LogP contribution in [0.25, 0.3) is 0 Å². The molecule has 1 aromatic rings. The molecular formula is C11H18ClN3O3S2. The molecule has 1 saturated heterocycles. The summed E-state index contributed by atoms with van der Waals surface area (Å²) in [5.74, 6) is 0. The van der Waals surface area contributed by atoms with Gasteiger partial charge in [-0.05, 0) is 13.8 Å². The Balaban J connectivity index is 2.00. The van der Waals surface area contributed by atoms with E-state index in [-0.39, 0.29) is 8.68 Å². The van der Waals surface area contributed by atoms with Crippen LogP contribution < -0.4 is 0 Å². The molecule has 0 unspecified atom stereocenters. The van der Waals surface area contributed by atoms with Crippen molar-refractivity contribution < 1.29 is 13.5 Å². The molecule has 1 aliphatic heterocycles. The Morgan fingerprint density at radius 3 is 2.45 bits per heavy atom. The quantitative estimate of drug-likeness (QED) is 0.881. The number of halogens is 1. The van der Waals surface area contributed by atoms with E-state index >= 15 is 0 Å². The van der Waals surface area contributed by atoms with Crippen molar-refractivity contribution in [1.82, 2.24) is 14.2 Å². The maximum Gasteiger partial charge on any atom is 0.254 e. The first-order chi connectivity index (χ1) is 9.18. The third kappa shape index (κ3) is 3.90. The molecule has 9 heteroatoms. The largest absolute Gasteiger partial charge is 0.389 e. The third-order valence-electron chi connectivity index (χ3n) is 2.99. The first-order valence-electron chi connectivity index (χ1n) is 6.25. The van der Waals surface area contributed by atoms with E-state index in [1.54, 1.807) is 13.8 Å². The molecule has 114 valence electrons. The number of sulfonamides is 1. The lowest BCUT2D eigenvalue weighted by atomic mass is 10.1. The van der Waals surface area contributed by atoms with Gasteiger partial charge in [-0.15, -0.1) is 0 Å². The molecule has 0 radical (unpaired) electrons. The van der Waals surface area contributed by atoms with E-state index < -0.39 is 15.6 Å². The summed E-state index contributed by atoms with van der Waals surface area (Å²) in [7, 11) is -3.49. The summed E-state index contributed by atoms with van der Waals surface area (Å²) in [6, 6.07) is 0. The number of rotatable bonds is 4. The number of nitrogens with zero attached hydrogens (tertiary/aromatic N) is 3. The van der Waals surface area contributed by atoms with Gasteiger partial charge in [-0.3, -0.25) is 4.90 Å². The number of hydrogen-bond acceptors (Lipinski definition) is 6. The molecule has 2 heterocycles. The maximum absolute atomic E-state index is 12.4. The second-order valence-electron chi connectivity index (χ2n) is 5.42. The fraction of sp³-hybridized carbons (Fsp3) is 0.727. The van der Waals surface area contributed by atoms with Crippen molar-refractivity contribution in [2.24, 2.45) is 0 Å². The highest BCUT2D eigenvalue weighted by Crippen LogP contribution is 2.26. The Morgan fingerprint density at radius 1 is 1.40 bits per heavy atom. The number of aromatic nitrogens is 1. The lowest BCUT2D eigenvalue weighted by molar-refractivity contribution is 0.0263. The van der Waals surface area contributed by atoms with Crippen LogP contribution in [0.5, 0.6) is 0 Å². The van der Waals surface area contributed by atoms with Crippen molar-refractivity contribution in [2.75, 3.05) is 32.7 Å². The third-order valence-corrected chi connectivity index (χ3v) is 6.44. The van der Waals surface area contributed by atoms with Crippen LogP contribution in [0.4, 0.5) is 0 Å². The summed E-state index contributed by atoms with van der Waals surface area (Å²) in [5, 5.41) is 9.78. The van der Waals surface area contributed by atoms with Crippen LogP contribution in [0.2, 0.25) is 4.47 Å². The first kappa shape index (κ1) is 16.1. The summed E-state index contributed by atoms with van der Waals surface area (Å²) in [5.41, 5.74) is -0.772.